The van der Waals surface area contributed by atoms with Crippen molar-refractivity contribution in [2.24, 2.45) is 0 Å². The Labute approximate surface area is 165 Å². The molecule has 0 heterocycles. The van der Waals surface area contributed by atoms with E-state index in [4.69, 9.17) is 4.74 Å². The van der Waals surface area contributed by atoms with E-state index in [0.29, 0.717) is 19.1 Å². The zero-order valence-corrected chi connectivity index (χ0v) is 16.4. The third-order valence-corrected chi connectivity index (χ3v) is 4.81. The molecule has 1 atom stereocenters. The Morgan fingerprint density at radius 1 is 1.11 bits per heavy atom. The summed E-state index contributed by atoms with van der Waals surface area (Å²) in [5.41, 5.74) is 1.98. The van der Waals surface area contributed by atoms with Crippen LogP contribution in [-0.2, 0) is 11.3 Å². The maximum atomic E-state index is 13.1. The molecule has 6 nitrogen and oxygen atoms in total. The maximum absolute atomic E-state index is 13.1. The molecule has 0 aliphatic heterocycles. The van der Waals surface area contributed by atoms with Crippen LogP contribution in [0.1, 0.15) is 36.9 Å². The summed E-state index contributed by atoms with van der Waals surface area (Å²) in [6.07, 6.45) is 2.10. The SMILES string of the molecule is CCNC(=O)NC(=O)[C@H](c1ccccc1)N(Cc1ccc(OC)cc1)C1CC1. The summed E-state index contributed by atoms with van der Waals surface area (Å²) >= 11 is 0. The molecule has 3 rings (SSSR count). The molecule has 1 fully saturated rings. The van der Waals surface area contributed by atoms with Gasteiger partial charge in [0.05, 0.1) is 7.11 Å². The molecular weight excluding hydrogens is 354 g/mol. The van der Waals surface area contributed by atoms with Gasteiger partial charge in [0.2, 0.25) is 5.91 Å². The summed E-state index contributed by atoms with van der Waals surface area (Å²) in [5.74, 6) is 0.493. The zero-order valence-electron chi connectivity index (χ0n) is 16.4. The lowest BCUT2D eigenvalue weighted by Gasteiger charge is -2.31. The van der Waals surface area contributed by atoms with Crippen LogP contribution in [0, 0.1) is 0 Å². The van der Waals surface area contributed by atoms with Crippen LogP contribution in [0.25, 0.3) is 0 Å². The van der Waals surface area contributed by atoms with E-state index in [1.165, 1.54) is 0 Å². The molecule has 0 spiro atoms. The molecule has 2 aromatic rings. The van der Waals surface area contributed by atoms with Gasteiger partial charge in [0.15, 0.2) is 0 Å². The summed E-state index contributed by atoms with van der Waals surface area (Å²) in [7, 11) is 1.64. The van der Waals surface area contributed by atoms with Gasteiger partial charge < -0.3 is 10.1 Å². The van der Waals surface area contributed by atoms with Gasteiger partial charge in [-0.25, -0.2) is 4.79 Å². The van der Waals surface area contributed by atoms with Crippen LogP contribution in [0.5, 0.6) is 5.75 Å². The number of rotatable bonds is 8. The first-order valence-corrected chi connectivity index (χ1v) is 9.64. The highest BCUT2D eigenvalue weighted by molar-refractivity contribution is 5.97. The van der Waals surface area contributed by atoms with Crippen LogP contribution in [0.4, 0.5) is 4.79 Å². The summed E-state index contributed by atoms with van der Waals surface area (Å²) in [6.45, 7) is 2.91. The lowest BCUT2D eigenvalue weighted by atomic mass is 10.0. The fraction of sp³-hybridized carbons (Fsp3) is 0.364. The molecule has 3 amide bonds. The minimum atomic E-state index is -0.529. The predicted octanol–water partition coefficient (Wildman–Crippen LogP) is 3.25. The first-order valence-electron chi connectivity index (χ1n) is 9.64. The molecule has 0 unspecified atom stereocenters. The van der Waals surface area contributed by atoms with E-state index in [9.17, 15) is 9.59 Å². The minimum Gasteiger partial charge on any atom is -0.497 e. The average Bonchev–Trinajstić information content (AvgIpc) is 3.54. The standard InChI is InChI=1S/C22H27N3O3/c1-3-23-22(27)24-21(26)20(17-7-5-4-6-8-17)25(18-11-12-18)15-16-9-13-19(28-2)14-10-16/h4-10,13-14,18,20H,3,11-12,15H2,1-2H3,(H2,23,24,26,27)/t20-/m0/s1. The second-order valence-electron chi connectivity index (χ2n) is 6.91. The van der Waals surface area contributed by atoms with Crippen LogP contribution < -0.4 is 15.4 Å². The highest BCUT2D eigenvalue weighted by Gasteiger charge is 2.38. The number of imide groups is 1. The van der Waals surface area contributed by atoms with Crippen LogP contribution in [0.15, 0.2) is 54.6 Å². The van der Waals surface area contributed by atoms with Crippen molar-refractivity contribution in [1.29, 1.82) is 0 Å². The van der Waals surface area contributed by atoms with E-state index >= 15 is 0 Å². The number of urea groups is 1. The number of hydrogen-bond donors (Lipinski definition) is 2. The number of nitrogens with one attached hydrogen (secondary N) is 2. The number of carbonyl (C=O) groups is 2. The normalized spacial score (nSPS) is 14.4. The molecular formula is C22H27N3O3. The third kappa shape index (κ3) is 5.10. The molecule has 0 aromatic heterocycles. The Kier molecular flexibility index (Phi) is 6.66. The molecule has 2 aromatic carbocycles. The van der Waals surface area contributed by atoms with Crippen molar-refractivity contribution in [2.45, 2.75) is 38.4 Å². The summed E-state index contributed by atoms with van der Waals surface area (Å²) in [4.78, 5) is 27.2. The van der Waals surface area contributed by atoms with E-state index in [1.54, 1.807) is 7.11 Å². The van der Waals surface area contributed by atoms with Gasteiger partial charge in [-0.2, -0.15) is 0 Å². The van der Waals surface area contributed by atoms with Crippen LogP contribution >= 0.6 is 0 Å². The summed E-state index contributed by atoms with van der Waals surface area (Å²) in [5, 5.41) is 5.12. The second-order valence-corrected chi connectivity index (χ2v) is 6.91. The molecule has 0 radical (unpaired) electrons. The predicted molar refractivity (Wildman–Crippen MR) is 108 cm³/mol. The highest BCUT2D eigenvalue weighted by atomic mass is 16.5. The van der Waals surface area contributed by atoms with Gasteiger partial charge in [0.25, 0.3) is 0 Å². The first kappa shape index (κ1) is 19.9. The van der Waals surface area contributed by atoms with Gasteiger partial charge in [0.1, 0.15) is 11.8 Å². The van der Waals surface area contributed by atoms with Crippen molar-refractivity contribution in [2.75, 3.05) is 13.7 Å². The fourth-order valence-corrected chi connectivity index (χ4v) is 3.29. The zero-order chi connectivity index (χ0) is 19.9. The quantitative estimate of drug-likeness (QED) is 0.736. The van der Waals surface area contributed by atoms with Crippen molar-refractivity contribution < 1.29 is 14.3 Å². The Hall–Kier alpha value is -2.86. The van der Waals surface area contributed by atoms with Gasteiger partial charge in [-0.15, -0.1) is 0 Å². The minimum absolute atomic E-state index is 0.308. The Morgan fingerprint density at radius 3 is 2.36 bits per heavy atom. The maximum Gasteiger partial charge on any atom is 0.321 e. The number of benzene rings is 2. The average molecular weight is 381 g/mol. The van der Waals surface area contributed by atoms with Crippen LogP contribution in [-0.4, -0.2) is 36.5 Å². The number of nitrogens with zero attached hydrogens (tertiary/aromatic N) is 1. The van der Waals surface area contributed by atoms with Crippen molar-refractivity contribution in [1.82, 2.24) is 15.5 Å². The van der Waals surface area contributed by atoms with E-state index in [-0.39, 0.29) is 5.91 Å². The Bertz CT molecular complexity index is 788. The number of ether oxygens (including phenoxy) is 1. The second kappa shape index (κ2) is 9.37. The summed E-state index contributed by atoms with van der Waals surface area (Å²) < 4.78 is 5.23. The molecule has 1 aliphatic carbocycles. The van der Waals surface area contributed by atoms with E-state index < -0.39 is 12.1 Å². The molecule has 0 bridgehead atoms. The smallest absolute Gasteiger partial charge is 0.321 e. The van der Waals surface area contributed by atoms with Gasteiger partial charge >= 0.3 is 6.03 Å². The van der Waals surface area contributed by atoms with Gasteiger partial charge in [-0.3, -0.25) is 15.0 Å². The summed E-state index contributed by atoms with van der Waals surface area (Å²) in [6, 6.07) is 16.8. The lowest BCUT2D eigenvalue weighted by Crippen LogP contribution is -2.46. The topological polar surface area (TPSA) is 70.7 Å². The van der Waals surface area contributed by atoms with E-state index in [1.807, 2.05) is 61.5 Å². The highest BCUT2D eigenvalue weighted by Crippen LogP contribution is 2.36. The lowest BCUT2D eigenvalue weighted by molar-refractivity contribution is -0.126. The van der Waals surface area contributed by atoms with Gasteiger partial charge in [-0.1, -0.05) is 42.5 Å². The monoisotopic (exact) mass is 381 g/mol. The number of methoxy groups -OCH3 is 1. The molecule has 1 saturated carbocycles. The van der Waals surface area contributed by atoms with Crippen molar-refractivity contribution in [3.63, 3.8) is 0 Å². The Balaban J connectivity index is 1.86. The largest absolute Gasteiger partial charge is 0.497 e. The fourth-order valence-electron chi connectivity index (χ4n) is 3.29. The molecule has 6 heteroatoms. The molecule has 148 valence electrons. The molecule has 2 N–H and O–H groups in total. The van der Waals surface area contributed by atoms with Crippen molar-refractivity contribution in [3.05, 3.63) is 65.7 Å². The number of amides is 3. The van der Waals surface area contributed by atoms with Crippen LogP contribution in [0.2, 0.25) is 0 Å². The molecule has 0 saturated heterocycles. The van der Waals surface area contributed by atoms with Crippen molar-refractivity contribution >= 4 is 11.9 Å². The third-order valence-electron chi connectivity index (χ3n) is 4.81. The van der Waals surface area contributed by atoms with E-state index in [2.05, 4.69) is 15.5 Å². The number of carbonyl (C=O) groups excluding carboxylic acids is 2. The van der Waals surface area contributed by atoms with E-state index in [0.717, 1.165) is 29.7 Å². The Morgan fingerprint density at radius 2 is 1.79 bits per heavy atom. The van der Waals surface area contributed by atoms with Gasteiger partial charge in [-0.05, 0) is 43.0 Å². The number of hydrogen-bond acceptors (Lipinski definition) is 4. The van der Waals surface area contributed by atoms with Crippen molar-refractivity contribution in [3.8, 4) is 5.75 Å². The molecule has 1 aliphatic rings. The molecule has 28 heavy (non-hydrogen) atoms. The first-order chi connectivity index (χ1) is 13.6. The van der Waals surface area contributed by atoms with Crippen LogP contribution in [0.3, 0.4) is 0 Å². The van der Waals surface area contributed by atoms with Gasteiger partial charge in [0, 0.05) is 19.1 Å².